The van der Waals surface area contributed by atoms with Crippen molar-refractivity contribution < 1.29 is 33.1 Å². The molecule has 0 aromatic carbocycles. The van der Waals surface area contributed by atoms with Crippen molar-refractivity contribution in [3.63, 3.8) is 0 Å². The Hall–Kier alpha value is -1.06. The Labute approximate surface area is 178 Å². The molecule has 0 saturated carbocycles. The van der Waals surface area contributed by atoms with Crippen molar-refractivity contribution >= 4 is 44.8 Å². The standard InChI is InChI=1S/C18H33N2O7PS/c1-20(10-8-17(23)19-9-7-11-21)18(24)14-16(15-22)29-13-6-4-3-5-12-27-28(25)26-2/h11,15-16,25H,3-10,12-14H2,1-2H3,(H,19,23). The van der Waals surface area contributed by atoms with Crippen LogP contribution in [0.15, 0.2) is 0 Å². The Morgan fingerprint density at radius 2 is 1.97 bits per heavy atom. The van der Waals surface area contributed by atoms with E-state index in [9.17, 15) is 19.2 Å². The fraction of sp³-hybridized carbons (Fsp3) is 0.778. The third-order valence-electron chi connectivity index (χ3n) is 3.94. The molecule has 29 heavy (non-hydrogen) atoms. The van der Waals surface area contributed by atoms with Gasteiger partial charge in [-0.1, -0.05) is 12.8 Å². The van der Waals surface area contributed by atoms with E-state index in [4.69, 9.17) is 9.42 Å². The number of hydrogen-bond acceptors (Lipinski definition) is 8. The minimum absolute atomic E-state index is 0.113. The van der Waals surface area contributed by atoms with Crippen LogP contribution in [-0.4, -0.2) is 79.0 Å². The van der Waals surface area contributed by atoms with Gasteiger partial charge in [0.2, 0.25) is 11.8 Å². The lowest BCUT2D eigenvalue weighted by Gasteiger charge is -2.19. The number of carbonyl (C=O) groups is 4. The molecule has 0 aliphatic rings. The van der Waals surface area contributed by atoms with Gasteiger partial charge in [0.05, 0.1) is 11.9 Å². The van der Waals surface area contributed by atoms with Crippen LogP contribution in [-0.2, 0) is 28.2 Å². The van der Waals surface area contributed by atoms with Crippen LogP contribution in [0.1, 0.15) is 44.9 Å². The Morgan fingerprint density at radius 1 is 1.24 bits per heavy atom. The van der Waals surface area contributed by atoms with E-state index >= 15 is 0 Å². The van der Waals surface area contributed by atoms with Gasteiger partial charge in [-0.3, -0.25) is 9.59 Å². The Morgan fingerprint density at radius 3 is 2.62 bits per heavy atom. The lowest BCUT2D eigenvalue weighted by Crippen LogP contribution is -2.34. The molecule has 0 radical (unpaired) electrons. The smallest absolute Gasteiger partial charge is 0.329 e. The van der Waals surface area contributed by atoms with Crippen molar-refractivity contribution in [3.8, 4) is 0 Å². The summed E-state index contributed by atoms with van der Waals surface area (Å²) in [4.78, 5) is 55.8. The summed E-state index contributed by atoms with van der Waals surface area (Å²) in [6.45, 7) is 1.02. The number of thioether (sulfide) groups is 1. The van der Waals surface area contributed by atoms with Crippen molar-refractivity contribution in [2.24, 2.45) is 0 Å². The van der Waals surface area contributed by atoms with Gasteiger partial charge in [0.25, 0.3) is 0 Å². The Kier molecular flexibility index (Phi) is 18.2. The summed E-state index contributed by atoms with van der Waals surface area (Å²) in [5, 5.41) is 2.20. The second kappa shape index (κ2) is 18.9. The molecule has 0 rings (SSSR count). The zero-order valence-electron chi connectivity index (χ0n) is 17.2. The highest BCUT2D eigenvalue weighted by atomic mass is 32.2. The van der Waals surface area contributed by atoms with Crippen LogP contribution in [0.5, 0.6) is 0 Å². The number of nitrogens with zero attached hydrogens (tertiary/aromatic N) is 1. The molecule has 0 aromatic rings. The van der Waals surface area contributed by atoms with Crippen LogP contribution in [0.4, 0.5) is 0 Å². The van der Waals surface area contributed by atoms with E-state index in [1.54, 1.807) is 7.05 Å². The van der Waals surface area contributed by atoms with E-state index in [2.05, 4.69) is 9.84 Å². The minimum Gasteiger partial charge on any atom is -0.356 e. The third-order valence-corrected chi connectivity index (χ3v) is 5.89. The molecule has 2 N–H and O–H groups in total. The first-order valence-electron chi connectivity index (χ1n) is 9.61. The first kappa shape index (κ1) is 27.9. The summed E-state index contributed by atoms with van der Waals surface area (Å²) < 4.78 is 9.67. The topological polar surface area (TPSA) is 122 Å². The maximum atomic E-state index is 12.2. The number of carbonyl (C=O) groups excluding carboxylic acids is 4. The molecule has 0 aromatic heterocycles. The van der Waals surface area contributed by atoms with Gasteiger partial charge < -0.3 is 33.7 Å². The Bertz CT molecular complexity index is 485. The number of hydrogen-bond donors (Lipinski definition) is 2. The summed E-state index contributed by atoms with van der Waals surface area (Å²) in [5.41, 5.74) is 0. The first-order valence-corrected chi connectivity index (χ1v) is 11.8. The summed E-state index contributed by atoms with van der Waals surface area (Å²) in [6.07, 6.45) is 5.76. The highest BCUT2D eigenvalue weighted by Crippen LogP contribution is 2.31. The molecule has 11 heteroatoms. The molecule has 0 aliphatic heterocycles. The molecule has 2 unspecified atom stereocenters. The van der Waals surface area contributed by atoms with Crippen LogP contribution in [0, 0.1) is 0 Å². The molecule has 2 amide bonds. The van der Waals surface area contributed by atoms with Crippen LogP contribution < -0.4 is 5.32 Å². The average molecular weight is 453 g/mol. The SMILES string of the molecule is COP(O)OCCCCCCSC(C=O)CC(=O)N(C)CCC(=O)NCCC=O. The van der Waals surface area contributed by atoms with Gasteiger partial charge in [-0.15, -0.1) is 0 Å². The monoisotopic (exact) mass is 452 g/mol. The van der Waals surface area contributed by atoms with E-state index in [1.807, 2.05) is 0 Å². The van der Waals surface area contributed by atoms with Crippen molar-refractivity contribution in [1.29, 1.82) is 0 Å². The highest BCUT2D eigenvalue weighted by molar-refractivity contribution is 8.00. The summed E-state index contributed by atoms with van der Waals surface area (Å²) in [6, 6.07) is 0. The van der Waals surface area contributed by atoms with Crippen molar-refractivity contribution in [3.05, 3.63) is 0 Å². The van der Waals surface area contributed by atoms with Crippen molar-refractivity contribution in [2.75, 3.05) is 39.6 Å². The maximum Gasteiger partial charge on any atom is 0.329 e. The second-order valence-corrected chi connectivity index (χ2v) is 8.73. The van der Waals surface area contributed by atoms with Gasteiger partial charge in [-0.05, 0) is 18.6 Å². The normalized spacial score (nSPS) is 12.8. The number of unbranched alkanes of at least 4 members (excludes halogenated alkanes) is 3. The van der Waals surface area contributed by atoms with Gasteiger partial charge >= 0.3 is 8.60 Å². The fourth-order valence-corrected chi connectivity index (χ4v) is 3.62. The number of amides is 2. The van der Waals surface area contributed by atoms with Gasteiger partial charge in [-0.2, -0.15) is 11.8 Å². The van der Waals surface area contributed by atoms with E-state index in [0.29, 0.717) is 13.2 Å². The van der Waals surface area contributed by atoms with E-state index in [-0.39, 0.29) is 37.6 Å². The molecule has 2 atom stereocenters. The fourth-order valence-electron chi connectivity index (χ4n) is 2.21. The molecule has 0 fully saturated rings. The van der Waals surface area contributed by atoms with Crippen molar-refractivity contribution in [2.45, 2.75) is 50.2 Å². The van der Waals surface area contributed by atoms with Crippen LogP contribution in [0.3, 0.4) is 0 Å². The molecular weight excluding hydrogens is 419 g/mol. The molecule has 0 heterocycles. The first-order chi connectivity index (χ1) is 13.9. The average Bonchev–Trinajstić information content (AvgIpc) is 2.72. The predicted octanol–water partition coefficient (Wildman–Crippen LogP) is 1.67. The van der Waals surface area contributed by atoms with E-state index < -0.39 is 13.9 Å². The summed E-state index contributed by atoms with van der Waals surface area (Å²) in [7, 11) is 1.25. The zero-order chi connectivity index (χ0) is 21.9. The maximum absolute atomic E-state index is 12.2. The zero-order valence-corrected chi connectivity index (χ0v) is 18.9. The summed E-state index contributed by atoms with van der Waals surface area (Å²) >= 11 is 1.46. The number of aldehydes is 2. The molecule has 0 spiro atoms. The minimum atomic E-state index is -1.76. The molecule has 0 bridgehead atoms. The van der Waals surface area contributed by atoms with E-state index in [1.165, 1.54) is 23.8 Å². The lowest BCUT2D eigenvalue weighted by atomic mass is 10.2. The second-order valence-electron chi connectivity index (χ2n) is 6.29. The molecule has 168 valence electrons. The van der Waals surface area contributed by atoms with Gasteiger partial charge in [0.1, 0.15) is 12.6 Å². The molecule has 0 aliphatic carbocycles. The van der Waals surface area contributed by atoms with Gasteiger partial charge in [0, 0.05) is 46.5 Å². The van der Waals surface area contributed by atoms with Gasteiger partial charge in [0.15, 0.2) is 0 Å². The van der Waals surface area contributed by atoms with Crippen LogP contribution >= 0.6 is 20.4 Å². The van der Waals surface area contributed by atoms with E-state index in [0.717, 1.165) is 44.0 Å². The largest absolute Gasteiger partial charge is 0.356 e. The number of nitrogens with one attached hydrogen (secondary N) is 1. The third kappa shape index (κ3) is 16.4. The van der Waals surface area contributed by atoms with Gasteiger partial charge in [-0.25, -0.2) is 0 Å². The quantitative estimate of drug-likeness (QED) is 0.172. The Balaban J connectivity index is 3.86. The molecular formula is C18H33N2O7PS. The van der Waals surface area contributed by atoms with Crippen LogP contribution in [0.25, 0.3) is 0 Å². The lowest BCUT2D eigenvalue weighted by molar-refractivity contribution is -0.131. The molecule has 9 nitrogen and oxygen atoms in total. The van der Waals surface area contributed by atoms with Crippen molar-refractivity contribution in [1.82, 2.24) is 10.2 Å². The molecule has 0 saturated heterocycles. The highest BCUT2D eigenvalue weighted by Gasteiger charge is 2.17. The number of rotatable bonds is 19. The predicted molar refractivity (Wildman–Crippen MR) is 113 cm³/mol. The summed E-state index contributed by atoms with van der Waals surface area (Å²) in [5.74, 6) is 0.396. The van der Waals surface area contributed by atoms with Crippen LogP contribution in [0.2, 0.25) is 0 Å².